The molecular weight excluding hydrogens is 256 g/mol. The van der Waals surface area contributed by atoms with Gasteiger partial charge in [-0.2, -0.15) is 0 Å². The van der Waals surface area contributed by atoms with Crippen LogP contribution in [0.25, 0.3) is 10.8 Å². The van der Waals surface area contributed by atoms with E-state index in [9.17, 15) is 0 Å². The molecule has 0 aliphatic carbocycles. The van der Waals surface area contributed by atoms with Crippen LogP contribution in [0.1, 0.15) is 30.9 Å². The molecule has 0 bridgehead atoms. The molecule has 1 nitrogen and oxygen atoms in total. The molecule has 0 amide bonds. The summed E-state index contributed by atoms with van der Waals surface area (Å²) >= 11 is 0. The number of rotatable bonds is 4. The number of ether oxygens (including phenoxy) is 1. The summed E-state index contributed by atoms with van der Waals surface area (Å²) in [4.78, 5) is 0. The fourth-order valence-corrected chi connectivity index (χ4v) is 2.42. The van der Waals surface area contributed by atoms with Crippen LogP contribution in [-0.2, 0) is 6.61 Å². The summed E-state index contributed by atoms with van der Waals surface area (Å²) in [5.74, 6) is 1.49. The average molecular weight is 276 g/mol. The molecule has 0 heterocycles. The summed E-state index contributed by atoms with van der Waals surface area (Å²) in [6.07, 6.45) is 0. The minimum atomic E-state index is 0.570. The van der Waals surface area contributed by atoms with E-state index in [0.29, 0.717) is 12.5 Å². The van der Waals surface area contributed by atoms with Crippen LogP contribution in [0.15, 0.2) is 66.7 Å². The first-order valence-corrected chi connectivity index (χ1v) is 7.43. The molecule has 3 aromatic carbocycles. The lowest BCUT2D eigenvalue weighted by atomic mass is 10.0. The van der Waals surface area contributed by atoms with Gasteiger partial charge in [-0.1, -0.05) is 68.4 Å². The molecule has 0 atom stereocenters. The Balaban J connectivity index is 1.71. The van der Waals surface area contributed by atoms with Gasteiger partial charge in [-0.25, -0.2) is 0 Å². The highest BCUT2D eigenvalue weighted by molar-refractivity contribution is 5.83. The van der Waals surface area contributed by atoms with Crippen molar-refractivity contribution in [1.29, 1.82) is 0 Å². The van der Waals surface area contributed by atoms with E-state index in [-0.39, 0.29) is 0 Å². The van der Waals surface area contributed by atoms with Crippen LogP contribution in [0.4, 0.5) is 0 Å². The fourth-order valence-electron chi connectivity index (χ4n) is 2.42. The molecule has 0 aliphatic heterocycles. The van der Waals surface area contributed by atoms with E-state index in [1.165, 1.54) is 21.9 Å². The van der Waals surface area contributed by atoms with Crippen molar-refractivity contribution in [2.24, 2.45) is 0 Å². The van der Waals surface area contributed by atoms with Crippen molar-refractivity contribution in [2.75, 3.05) is 0 Å². The van der Waals surface area contributed by atoms with E-state index < -0.39 is 0 Å². The maximum absolute atomic E-state index is 5.90. The summed E-state index contributed by atoms with van der Waals surface area (Å²) in [6.45, 7) is 5.03. The fraction of sp³-hybridized carbons (Fsp3) is 0.200. The van der Waals surface area contributed by atoms with Gasteiger partial charge in [0.25, 0.3) is 0 Å². The van der Waals surface area contributed by atoms with E-state index in [1.807, 2.05) is 6.07 Å². The van der Waals surface area contributed by atoms with Crippen molar-refractivity contribution in [1.82, 2.24) is 0 Å². The third-order valence-electron chi connectivity index (χ3n) is 3.77. The lowest BCUT2D eigenvalue weighted by Gasteiger charge is -2.09. The van der Waals surface area contributed by atoms with Gasteiger partial charge in [-0.3, -0.25) is 0 Å². The van der Waals surface area contributed by atoms with Gasteiger partial charge in [-0.05, 0) is 39.9 Å². The van der Waals surface area contributed by atoms with Gasteiger partial charge in [0.1, 0.15) is 12.4 Å². The Hall–Kier alpha value is -2.28. The van der Waals surface area contributed by atoms with Gasteiger partial charge in [-0.15, -0.1) is 0 Å². The Morgan fingerprint density at radius 2 is 1.52 bits per heavy atom. The third kappa shape index (κ3) is 3.25. The lowest BCUT2D eigenvalue weighted by molar-refractivity contribution is 0.306. The first-order chi connectivity index (χ1) is 10.2. The second-order valence-corrected chi connectivity index (χ2v) is 5.69. The predicted molar refractivity (Wildman–Crippen MR) is 88.8 cm³/mol. The van der Waals surface area contributed by atoms with E-state index in [0.717, 1.165) is 5.75 Å². The van der Waals surface area contributed by atoms with Crippen LogP contribution < -0.4 is 4.74 Å². The minimum Gasteiger partial charge on any atom is -0.489 e. The highest BCUT2D eigenvalue weighted by atomic mass is 16.5. The molecular formula is C20H20O. The molecule has 3 rings (SSSR count). The van der Waals surface area contributed by atoms with E-state index >= 15 is 0 Å². The van der Waals surface area contributed by atoms with Crippen molar-refractivity contribution < 1.29 is 4.74 Å². The molecule has 106 valence electrons. The van der Waals surface area contributed by atoms with Gasteiger partial charge in [0, 0.05) is 0 Å². The average Bonchev–Trinajstić information content (AvgIpc) is 2.53. The van der Waals surface area contributed by atoms with E-state index in [2.05, 4.69) is 74.5 Å². The number of benzene rings is 3. The zero-order valence-corrected chi connectivity index (χ0v) is 12.5. The Morgan fingerprint density at radius 3 is 2.24 bits per heavy atom. The second kappa shape index (κ2) is 6.01. The molecule has 0 unspecified atom stereocenters. The summed E-state index contributed by atoms with van der Waals surface area (Å²) in [5.41, 5.74) is 2.57. The molecule has 0 fully saturated rings. The van der Waals surface area contributed by atoms with E-state index in [1.54, 1.807) is 0 Å². The highest BCUT2D eigenvalue weighted by Crippen LogP contribution is 2.22. The quantitative estimate of drug-likeness (QED) is 0.607. The molecule has 0 aliphatic rings. The first-order valence-electron chi connectivity index (χ1n) is 7.43. The number of fused-ring (bicyclic) bond motifs is 1. The summed E-state index contributed by atoms with van der Waals surface area (Å²) in [7, 11) is 0. The summed E-state index contributed by atoms with van der Waals surface area (Å²) in [6, 6.07) is 23.2. The zero-order chi connectivity index (χ0) is 14.7. The van der Waals surface area contributed by atoms with Crippen LogP contribution in [-0.4, -0.2) is 0 Å². The van der Waals surface area contributed by atoms with Crippen LogP contribution in [0.3, 0.4) is 0 Å². The first kappa shape index (κ1) is 13.7. The molecule has 0 saturated heterocycles. The van der Waals surface area contributed by atoms with Gasteiger partial charge in [0.05, 0.1) is 0 Å². The van der Waals surface area contributed by atoms with Crippen LogP contribution >= 0.6 is 0 Å². The van der Waals surface area contributed by atoms with E-state index in [4.69, 9.17) is 4.74 Å². The predicted octanol–water partition coefficient (Wildman–Crippen LogP) is 5.54. The molecule has 0 spiro atoms. The maximum atomic E-state index is 5.90. The Bertz CT molecular complexity index is 726. The molecule has 21 heavy (non-hydrogen) atoms. The van der Waals surface area contributed by atoms with Gasteiger partial charge >= 0.3 is 0 Å². The smallest absolute Gasteiger partial charge is 0.120 e. The maximum Gasteiger partial charge on any atom is 0.120 e. The lowest BCUT2D eigenvalue weighted by Crippen LogP contribution is -1.96. The molecule has 0 aromatic heterocycles. The topological polar surface area (TPSA) is 9.23 Å². The molecule has 0 saturated carbocycles. The Labute approximate surface area is 126 Å². The zero-order valence-electron chi connectivity index (χ0n) is 12.5. The molecule has 0 N–H and O–H groups in total. The standard InChI is InChI=1S/C20H20O/c1-15(2)17-9-7-16(8-10-17)14-21-20-12-11-18-5-3-4-6-19(18)13-20/h3-13,15H,14H2,1-2H3. The van der Waals surface area contributed by atoms with Crippen molar-refractivity contribution in [3.05, 3.63) is 77.9 Å². The Morgan fingerprint density at radius 1 is 0.810 bits per heavy atom. The number of hydrogen-bond acceptors (Lipinski definition) is 1. The minimum absolute atomic E-state index is 0.570. The third-order valence-corrected chi connectivity index (χ3v) is 3.77. The largest absolute Gasteiger partial charge is 0.489 e. The molecule has 0 radical (unpaired) electrons. The monoisotopic (exact) mass is 276 g/mol. The molecule has 1 heteroatoms. The Kier molecular flexibility index (Phi) is 3.92. The highest BCUT2D eigenvalue weighted by Gasteiger charge is 2.01. The van der Waals surface area contributed by atoms with Crippen LogP contribution in [0.5, 0.6) is 5.75 Å². The van der Waals surface area contributed by atoms with Crippen molar-refractivity contribution >= 4 is 10.8 Å². The normalized spacial score (nSPS) is 11.0. The van der Waals surface area contributed by atoms with Crippen molar-refractivity contribution in [3.63, 3.8) is 0 Å². The van der Waals surface area contributed by atoms with Gasteiger partial charge in [0.15, 0.2) is 0 Å². The summed E-state index contributed by atoms with van der Waals surface area (Å²) < 4.78 is 5.90. The van der Waals surface area contributed by atoms with Crippen molar-refractivity contribution in [3.8, 4) is 5.75 Å². The SMILES string of the molecule is CC(C)c1ccc(COc2ccc3ccccc3c2)cc1. The summed E-state index contributed by atoms with van der Waals surface area (Å²) in [5, 5.41) is 2.45. The van der Waals surface area contributed by atoms with Crippen LogP contribution in [0, 0.1) is 0 Å². The number of hydrogen-bond donors (Lipinski definition) is 0. The van der Waals surface area contributed by atoms with Crippen molar-refractivity contribution in [2.45, 2.75) is 26.4 Å². The van der Waals surface area contributed by atoms with Crippen LogP contribution in [0.2, 0.25) is 0 Å². The van der Waals surface area contributed by atoms with Gasteiger partial charge < -0.3 is 4.74 Å². The second-order valence-electron chi connectivity index (χ2n) is 5.69. The van der Waals surface area contributed by atoms with Gasteiger partial charge in [0.2, 0.25) is 0 Å². The molecule has 3 aromatic rings.